The van der Waals surface area contributed by atoms with E-state index in [0.29, 0.717) is 5.56 Å². The molecule has 6 heteroatoms. The molecular formula is C22H28N4O2. The first kappa shape index (κ1) is 19.9. The molecule has 0 bridgehead atoms. The second kappa shape index (κ2) is 8.42. The van der Waals surface area contributed by atoms with Gasteiger partial charge < -0.3 is 11.1 Å². The molecule has 0 saturated carbocycles. The second-order valence-corrected chi connectivity index (χ2v) is 7.47. The van der Waals surface area contributed by atoms with E-state index in [4.69, 9.17) is 5.73 Å². The number of nitrogens with zero attached hydrogens (tertiary/aromatic N) is 2. The van der Waals surface area contributed by atoms with Gasteiger partial charge in [-0.1, -0.05) is 23.8 Å². The van der Waals surface area contributed by atoms with E-state index in [1.807, 2.05) is 45.0 Å². The number of amides is 2. The predicted octanol–water partition coefficient (Wildman–Crippen LogP) is 3.27. The number of hydrogen-bond donors (Lipinski definition) is 2. The fourth-order valence-corrected chi connectivity index (χ4v) is 3.86. The molecular weight excluding hydrogens is 352 g/mol. The van der Waals surface area contributed by atoms with Crippen LogP contribution in [0.2, 0.25) is 0 Å². The summed E-state index contributed by atoms with van der Waals surface area (Å²) in [6.07, 6.45) is 6.83. The van der Waals surface area contributed by atoms with Crippen LogP contribution in [0.1, 0.15) is 54.4 Å². The van der Waals surface area contributed by atoms with Crippen LogP contribution in [0.3, 0.4) is 0 Å². The summed E-state index contributed by atoms with van der Waals surface area (Å²) in [4.78, 5) is 24.0. The van der Waals surface area contributed by atoms with Gasteiger partial charge in [0.05, 0.1) is 5.69 Å². The molecule has 1 atom stereocenters. The summed E-state index contributed by atoms with van der Waals surface area (Å²) in [6.45, 7) is 5.88. The fraction of sp³-hybridized carbons (Fsp3) is 0.409. The second-order valence-electron chi connectivity index (χ2n) is 7.47. The van der Waals surface area contributed by atoms with Crippen molar-refractivity contribution in [2.75, 3.05) is 0 Å². The number of hydrogen-bond acceptors (Lipinski definition) is 3. The van der Waals surface area contributed by atoms with Crippen LogP contribution in [0.4, 0.5) is 0 Å². The number of nitrogens with two attached hydrogens (primary N) is 1. The number of aromatic nitrogens is 2. The average Bonchev–Trinajstić information content (AvgIpc) is 2.95. The SMILES string of the molecule is Cc1nn(CC(N)=O)c(C)c1-c1cccc(C(=O)N[C@H](C)C2=CCCCC2)c1. The Kier molecular flexibility index (Phi) is 5.97. The molecule has 1 aliphatic carbocycles. The topological polar surface area (TPSA) is 90.0 Å². The lowest BCUT2D eigenvalue weighted by atomic mass is 9.94. The van der Waals surface area contributed by atoms with Crippen LogP contribution in [0, 0.1) is 13.8 Å². The summed E-state index contributed by atoms with van der Waals surface area (Å²) in [5, 5.41) is 7.53. The Morgan fingerprint density at radius 3 is 2.75 bits per heavy atom. The number of primary amides is 1. The van der Waals surface area contributed by atoms with Crippen molar-refractivity contribution in [3.8, 4) is 11.1 Å². The zero-order valence-corrected chi connectivity index (χ0v) is 16.8. The minimum absolute atomic E-state index is 0.0400. The number of benzene rings is 1. The number of aryl methyl sites for hydroxylation is 1. The molecule has 3 N–H and O–H groups in total. The van der Waals surface area contributed by atoms with E-state index < -0.39 is 5.91 Å². The summed E-state index contributed by atoms with van der Waals surface area (Å²) in [6, 6.07) is 7.56. The van der Waals surface area contributed by atoms with Crippen molar-refractivity contribution < 1.29 is 9.59 Å². The Morgan fingerprint density at radius 1 is 1.29 bits per heavy atom. The molecule has 3 rings (SSSR count). The molecule has 1 aliphatic rings. The van der Waals surface area contributed by atoms with Crippen molar-refractivity contribution >= 4 is 11.8 Å². The molecule has 0 saturated heterocycles. The molecule has 0 fully saturated rings. The highest BCUT2D eigenvalue weighted by molar-refractivity contribution is 5.96. The maximum Gasteiger partial charge on any atom is 0.251 e. The van der Waals surface area contributed by atoms with Crippen LogP contribution in [-0.2, 0) is 11.3 Å². The van der Waals surface area contributed by atoms with Crippen LogP contribution in [0.25, 0.3) is 11.1 Å². The third-order valence-corrected chi connectivity index (χ3v) is 5.33. The minimum atomic E-state index is -0.434. The minimum Gasteiger partial charge on any atom is -0.368 e. The molecule has 6 nitrogen and oxygen atoms in total. The highest BCUT2D eigenvalue weighted by Gasteiger charge is 2.18. The van der Waals surface area contributed by atoms with Gasteiger partial charge in [-0.05, 0) is 64.2 Å². The third kappa shape index (κ3) is 4.32. The highest BCUT2D eigenvalue weighted by atomic mass is 16.2. The summed E-state index contributed by atoms with van der Waals surface area (Å²) < 4.78 is 1.61. The first-order chi connectivity index (χ1) is 13.4. The summed E-state index contributed by atoms with van der Waals surface area (Å²) in [5.74, 6) is -0.517. The van der Waals surface area contributed by atoms with Gasteiger partial charge in [0.2, 0.25) is 5.91 Å². The fourth-order valence-electron chi connectivity index (χ4n) is 3.86. The number of carbonyl (C=O) groups excluding carboxylic acids is 2. The van der Waals surface area contributed by atoms with Gasteiger partial charge in [0, 0.05) is 22.9 Å². The van der Waals surface area contributed by atoms with E-state index in [-0.39, 0.29) is 18.5 Å². The van der Waals surface area contributed by atoms with E-state index in [0.717, 1.165) is 35.4 Å². The maximum atomic E-state index is 12.8. The van der Waals surface area contributed by atoms with Gasteiger partial charge in [0.15, 0.2) is 0 Å². The molecule has 28 heavy (non-hydrogen) atoms. The quantitative estimate of drug-likeness (QED) is 0.754. The number of rotatable bonds is 6. The normalized spacial score (nSPS) is 15.0. The molecule has 1 aromatic carbocycles. The van der Waals surface area contributed by atoms with E-state index in [1.54, 1.807) is 4.68 Å². The number of carbonyl (C=O) groups is 2. The molecule has 1 aromatic heterocycles. The average molecular weight is 380 g/mol. The van der Waals surface area contributed by atoms with Crippen molar-refractivity contribution in [2.24, 2.45) is 5.73 Å². The van der Waals surface area contributed by atoms with Crippen LogP contribution in [0.5, 0.6) is 0 Å². The lowest BCUT2D eigenvalue weighted by molar-refractivity contribution is -0.118. The van der Waals surface area contributed by atoms with Crippen LogP contribution >= 0.6 is 0 Å². The third-order valence-electron chi connectivity index (χ3n) is 5.33. The molecule has 0 radical (unpaired) electrons. The number of allylic oxidation sites excluding steroid dienone is 1. The maximum absolute atomic E-state index is 12.8. The first-order valence-electron chi connectivity index (χ1n) is 9.79. The highest BCUT2D eigenvalue weighted by Crippen LogP contribution is 2.28. The van der Waals surface area contributed by atoms with Gasteiger partial charge in [-0.25, -0.2) is 0 Å². The van der Waals surface area contributed by atoms with Crippen molar-refractivity contribution in [2.45, 2.75) is 59.0 Å². The van der Waals surface area contributed by atoms with E-state index in [2.05, 4.69) is 16.5 Å². The zero-order chi connectivity index (χ0) is 20.3. The Morgan fingerprint density at radius 2 is 2.07 bits per heavy atom. The van der Waals surface area contributed by atoms with Crippen molar-refractivity contribution in [3.05, 3.63) is 52.9 Å². The molecule has 148 valence electrons. The molecule has 1 heterocycles. The first-order valence-corrected chi connectivity index (χ1v) is 9.79. The van der Waals surface area contributed by atoms with Gasteiger partial charge in [-0.3, -0.25) is 14.3 Å². The lowest BCUT2D eigenvalue weighted by Gasteiger charge is -2.21. The van der Waals surface area contributed by atoms with E-state index >= 15 is 0 Å². The molecule has 0 spiro atoms. The largest absolute Gasteiger partial charge is 0.368 e. The monoisotopic (exact) mass is 380 g/mol. The van der Waals surface area contributed by atoms with Gasteiger partial charge in [0.25, 0.3) is 5.91 Å². The predicted molar refractivity (Wildman–Crippen MR) is 110 cm³/mol. The molecule has 2 aromatic rings. The molecule has 0 aliphatic heterocycles. The summed E-state index contributed by atoms with van der Waals surface area (Å²) in [5.41, 5.74) is 10.7. The Labute approximate surface area is 165 Å². The van der Waals surface area contributed by atoms with Gasteiger partial charge in [-0.2, -0.15) is 5.10 Å². The standard InChI is InChI=1S/C22H28N4O2/c1-14(17-8-5-4-6-9-17)24-22(28)19-11-7-10-18(12-19)21-15(2)25-26(16(21)3)13-20(23)27/h7-8,10-12,14H,4-6,9,13H2,1-3H3,(H2,23,27)(H,24,28)/t14-/m1/s1. The van der Waals surface area contributed by atoms with Crippen LogP contribution in [0.15, 0.2) is 35.9 Å². The van der Waals surface area contributed by atoms with E-state index in [9.17, 15) is 9.59 Å². The summed E-state index contributed by atoms with van der Waals surface area (Å²) >= 11 is 0. The molecule has 2 amide bonds. The van der Waals surface area contributed by atoms with E-state index in [1.165, 1.54) is 18.4 Å². The molecule has 0 unspecified atom stereocenters. The van der Waals surface area contributed by atoms with Crippen molar-refractivity contribution in [3.63, 3.8) is 0 Å². The lowest BCUT2D eigenvalue weighted by Crippen LogP contribution is -2.34. The smallest absolute Gasteiger partial charge is 0.251 e. The van der Waals surface area contributed by atoms with Gasteiger partial charge in [-0.15, -0.1) is 0 Å². The van der Waals surface area contributed by atoms with Crippen LogP contribution in [-0.4, -0.2) is 27.6 Å². The number of nitrogens with one attached hydrogen (secondary N) is 1. The zero-order valence-electron chi connectivity index (χ0n) is 16.8. The Balaban J connectivity index is 1.82. The Hall–Kier alpha value is -2.89. The summed E-state index contributed by atoms with van der Waals surface area (Å²) in [7, 11) is 0. The van der Waals surface area contributed by atoms with Crippen molar-refractivity contribution in [1.29, 1.82) is 0 Å². The van der Waals surface area contributed by atoms with Crippen LogP contribution < -0.4 is 11.1 Å². The van der Waals surface area contributed by atoms with Crippen molar-refractivity contribution in [1.82, 2.24) is 15.1 Å². The van der Waals surface area contributed by atoms with Gasteiger partial charge >= 0.3 is 0 Å². The van der Waals surface area contributed by atoms with Gasteiger partial charge in [0.1, 0.15) is 6.54 Å². The Bertz CT molecular complexity index is 927.